The summed E-state index contributed by atoms with van der Waals surface area (Å²) in [5.74, 6) is 3.61. The quantitative estimate of drug-likeness (QED) is 0.721. The third-order valence-electron chi connectivity index (χ3n) is 4.25. The first kappa shape index (κ1) is 14.4. The average molecular weight is 243 g/mol. The minimum atomic E-state index is 0.777. The molecule has 1 aliphatic heterocycles. The number of likely N-dealkylation sites (tertiary alicyclic amines) is 1. The highest BCUT2D eigenvalue weighted by atomic mass is 32.1. The van der Waals surface area contributed by atoms with Crippen molar-refractivity contribution in [3.63, 3.8) is 0 Å². The molecule has 16 heavy (non-hydrogen) atoms. The topological polar surface area (TPSA) is 3.24 Å². The number of hydrogen-bond donors (Lipinski definition) is 1. The van der Waals surface area contributed by atoms with Gasteiger partial charge in [-0.15, -0.1) is 0 Å². The van der Waals surface area contributed by atoms with Gasteiger partial charge in [-0.05, 0) is 56.2 Å². The van der Waals surface area contributed by atoms with Crippen LogP contribution < -0.4 is 0 Å². The fraction of sp³-hybridized carbons (Fsp3) is 1.00. The largest absolute Gasteiger partial charge is 0.300 e. The molecule has 1 heterocycles. The standard InChI is InChI=1S/C14H29NS/c1-11(6-8-16)5-7-15-10-12(2)9-13(3)14(15)4/h11-14,16H,5-10H2,1-4H3. The zero-order valence-electron chi connectivity index (χ0n) is 11.4. The monoisotopic (exact) mass is 243 g/mol. The molecule has 0 bridgehead atoms. The summed E-state index contributed by atoms with van der Waals surface area (Å²) in [4.78, 5) is 2.70. The minimum absolute atomic E-state index is 0.777. The van der Waals surface area contributed by atoms with Crippen molar-refractivity contribution < 1.29 is 0 Å². The summed E-state index contributed by atoms with van der Waals surface area (Å²) >= 11 is 4.31. The number of nitrogens with zero attached hydrogens (tertiary/aromatic N) is 1. The van der Waals surface area contributed by atoms with Gasteiger partial charge in [0.2, 0.25) is 0 Å². The Morgan fingerprint density at radius 3 is 2.56 bits per heavy atom. The van der Waals surface area contributed by atoms with Crippen molar-refractivity contribution in [2.75, 3.05) is 18.8 Å². The van der Waals surface area contributed by atoms with Gasteiger partial charge in [-0.3, -0.25) is 0 Å². The fourth-order valence-corrected chi connectivity index (χ4v) is 3.32. The summed E-state index contributed by atoms with van der Waals surface area (Å²) in [6.45, 7) is 12.2. The van der Waals surface area contributed by atoms with Crippen molar-refractivity contribution in [3.05, 3.63) is 0 Å². The first-order chi connectivity index (χ1) is 7.54. The highest BCUT2D eigenvalue weighted by molar-refractivity contribution is 7.80. The molecule has 0 aromatic carbocycles. The van der Waals surface area contributed by atoms with Crippen molar-refractivity contribution in [1.82, 2.24) is 4.90 Å². The van der Waals surface area contributed by atoms with Crippen LogP contribution in [0.5, 0.6) is 0 Å². The molecule has 2 heteroatoms. The van der Waals surface area contributed by atoms with Crippen molar-refractivity contribution >= 4 is 12.6 Å². The van der Waals surface area contributed by atoms with E-state index in [4.69, 9.17) is 0 Å². The number of rotatable bonds is 5. The minimum Gasteiger partial charge on any atom is -0.300 e. The smallest absolute Gasteiger partial charge is 0.00927 e. The maximum absolute atomic E-state index is 4.31. The van der Waals surface area contributed by atoms with Crippen molar-refractivity contribution in [3.8, 4) is 0 Å². The number of piperidine rings is 1. The lowest BCUT2D eigenvalue weighted by atomic mass is 9.85. The molecule has 1 saturated heterocycles. The Morgan fingerprint density at radius 2 is 1.94 bits per heavy atom. The van der Waals surface area contributed by atoms with Gasteiger partial charge < -0.3 is 4.90 Å². The third kappa shape index (κ3) is 4.29. The van der Waals surface area contributed by atoms with Crippen LogP contribution in [0.3, 0.4) is 0 Å². The molecule has 4 unspecified atom stereocenters. The Labute approximate surface area is 107 Å². The van der Waals surface area contributed by atoms with Crippen LogP contribution in [0.1, 0.15) is 47.0 Å². The summed E-state index contributed by atoms with van der Waals surface area (Å²) in [5.41, 5.74) is 0. The van der Waals surface area contributed by atoms with Crippen LogP contribution in [-0.4, -0.2) is 29.8 Å². The van der Waals surface area contributed by atoms with Crippen molar-refractivity contribution in [2.45, 2.75) is 53.0 Å². The van der Waals surface area contributed by atoms with Gasteiger partial charge in [0, 0.05) is 12.6 Å². The van der Waals surface area contributed by atoms with Gasteiger partial charge in [-0.1, -0.05) is 20.8 Å². The van der Waals surface area contributed by atoms with E-state index in [1.54, 1.807) is 0 Å². The van der Waals surface area contributed by atoms with E-state index in [1.807, 2.05) is 0 Å². The number of thiol groups is 1. The predicted octanol–water partition coefficient (Wildman–Crippen LogP) is 3.70. The van der Waals surface area contributed by atoms with Gasteiger partial charge in [0.25, 0.3) is 0 Å². The molecule has 0 aromatic heterocycles. The van der Waals surface area contributed by atoms with Gasteiger partial charge >= 0.3 is 0 Å². The Bertz CT molecular complexity index is 195. The molecule has 0 saturated carbocycles. The van der Waals surface area contributed by atoms with Gasteiger partial charge in [-0.2, -0.15) is 12.6 Å². The average Bonchev–Trinajstić information content (AvgIpc) is 2.21. The molecular weight excluding hydrogens is 214 g/mol. The predicted molar refractivity (Wildman–Crippen MR) is 76.2 cm³/mol. The molecule has 0 spiro atoms. The summed E-state index contributed by atoms with van der Waals surface area (Å²) in [7, 11) is 0. The van der Waals surface area contributed by atoms with Gasteiger partial charge in [0.15, 0.2) is 0 Å². The van der Waals surface area contributed by atoms with Crippen LogP contribution in [0.2, 0.25) is 0 Å². The summed E-state index contributed by atoms with van der Waals surface area (Å²) in [5, 5.41) is 0. The Hall–Kier alpha value is 0.310. The molecule has 0 aliphatic carbocycles. The lowest BCUT2D eigenvalue weighted by Gasteiger charge is -2.41. The van der Waals surface area contributed by atoms with Crippen LogP contribution in [0, 0.1) is 17.8 Å². The molecule has 0 aromatic rings. The lowest BCUT2D eigenvalue weighted by molar-refractivity contribution is 0.0747. The summed E-state index contributed by atoms with van der Waals surface area (Å²) in [6, 6.07) is 0.777. The van der Waals surface area contributed by atoms with Crippen LogP contribution in [0.15, 0.2) is 0 Å². The van der Waals surface area contributed by atoms with E-state index in [1.165, 1.54) is 32.4 Å². The molecule has 1 nitrogen and oxygen atoms in total. The Balaban J connectivity index is 2.34. The normalized spacial score (nSPS) is 33.9. The highest BCUT2D eigenvalue weighted by Crippen LogP contribution is 2.27. The molecule has 1 rings (SSSR count). The zero-order valence-corrected chi connectivity index (χ0v) is 12.3. The lowest BCUT2D eigenvalue weighted by Crippen LogP contribution is -2.46. The van der Waals surface area contributed by atoms with E-state index in [-0.39, 0.29) is 0 Å². The van der Waals surface area contributed by atoms with Gasteiger partial charge in [0.05, 0.1) is 0 Å². The third-order valence-corrected chi connectivity index (χ3v) is 4.51. The molecule has 1 fully saturated rings. The maximum atomic E-state index is 4.31. The van der Waals surface area contributed by atoms with Crippen LogP contribution >= 0.6 is 12.6 Å². The Morgan fingerprint density at radius 1 is 1.25 bits per heavy atom. The van der Waals surface area contributed by atoms with E-state index in [0.717, 1.165) is 29.5 Å². The van der Waals surface area contributed by atoms with E-state index < -0.39 is 0 Å². The van der Waals surface area contributed by atoms with Crippen molar-refractivity contribution in [1.29, 1.82) is 0 Å². The maximum Gasteiger partial charge on any atom is 0.00927 e. The molecular formula is C14H29NS. The number of hydrogen-bond acceptors (Lipinski definition) is 2. The summed E-state index contributed by atoms with van der Waals surface area (Å²) in [6.07, 6.45) is 4.00. The van der Waals surface area contributed by atoms with E-state index in [0.29, 0.717) is 0 Å². The van der Waals surface area contributed by atoms with Crippen LogP contribution in [0.25, 0.3) is 0 Å². The Kier molecular flexibility index (Phi) is 6.20. The van der Waals surface area contributed by atoms with Gasteiger partial charge in [-0.25, -0.2) is 0 Å². The molecule has 96 valence electrons. The SMILES string of the molecule is CC(CCS)CCN1CC(C)CC(C)C1C. The summed E-state index contributed by atoms with van der Waals surface area (Å²) < 4.78 is 0. The van der Waals surface area contributed by atoms with E-state index in [2.05, 4.69) is 45.2 Å². The molecule has 1 aliphatic rings. The first-order valence-corrected chi connectivity index (χ1v) is 7.52. The first-order valence-electron chi connectivity index (χ1n) is 6.89. The molecule has 4 atom stereocenters. The van der Waals surface area contributed by atoms with E-state index >= 15 is 0 Å². The van der Waals surface area contributed by atoms with Crippen LogP contribution in [-0.2, 0) is 0 Å². The highest BCUT2D eigenvalue weighted by Gasteiger charge is 2.28. The zero-order chi connectivity index (χ0) is 12.1. The fourth-order valence-electron chi connectivity index (χ4n) is 2.88. The van der Waals surface area contributed by atoms with Gasteiger partial charge in [0.1, 0.15) is 0 Å². The molecule has 0 amide bonds. The molecule has 0 radical (unpaired) electrons. The van der Waals surface area contributed by atoms with Crippen LogP contribution in [0.4, 0.5) is 0 Å². The van der Waals surface area contributed by atoms with Crippen molar-refractivity contribution in [2.24, 2.45) is 17.8 Å². The second-order valence-corrected chi connectivity index (χ2v) is 6.41. The molecule has 0 N–H and O–H groups in total. The second-order valence-electron chi connectivity index (χ2n) is 5.96. The second kappa shape index (κ2) is 6.90. The van der Waals surface area contributed by atoms with E-state index in [9.17, 15) is 0 Å².